The Labute approximate surface area is 149 Å². The Morgan fingerprint density at radius 2 is 1.56 bits per heavy atom. The number of amides is 2. The standard InChI is InChI=1S/C20H25N3O2/c1-15(2)23(14-17-7-5-4-6-8-17)20(25)13-21-18-9-11-19(12-10-18)22-16(3)24/h4-12,15,21H,13-14H2,1-3H3,(H,22,24). The molecule has 0 radical (unpaired) electrons. The Morgan fingerprint density at radius 1 is 0.960 bits per heavy atom. The predicted molar refractivity (Wildman–Crippen MR) is 101 cm³/mol. The topological polar surface area (TPSA) is 61.4 Å². The Hall–Kier alpha value is -2.82. The monoisotopic (exact) mass is 339 g/mol. The zero-order valence-electron chi connectivity index (χ0n) is 15.0. The van der Waals surface area contributed by atoms with Crippen molar-refractivity contribution in [3.8, 4) is 0 Å². The minimum Gasteiger partial charge on any atom is -0.376 e. The maximum Gasteiger partial charge on any atom is 0.242 e. The van der Waals surface area contributed by atoms with E-state index in [0.29, 0.717) is 6.54 Å². The van der Waals surface area contributed by atoms with E-state index < -0.39 is 0 Å². The Kier molecular flexibility index (Phi) is 6.57. The van der Waals surface area contributed by atoms with Gasteiger partial charge in [-0.05, 0) is 43.7 Å². The molecule has 0 unspecified atom stereocenters. The number of carbonyl (C=O) groups is 2. The first kappa shape index (κ1) is 18.5. The highest BCUT2D eigenvalue weighted by atomic mass is 16.2. The van der Waals surface area contributed by atoms with Crippen molar-refractivity contribution in [2.75, 3.05) is 17.2 Å². The fourth-order valence-corrected chi connectivity index (χ4v) is 2.49. The second-order valence-electron chi connectivity index (χ2n) is 6.21. The Balaban J connectivity index is 1.93. The van der Waals surface area contributed by atoms with Gasteiger partial charge >= 0.3 is 0 Å². The molecule has 2 amide bonds. The molecule has 5 nitrogen and oxygen atoms in total. The van der Waals surface area contributed by atoms with Gasteiger partial charge in [0.2, 0.25) is 11.8 Å². The van der Waals surface area contributed by atoms with E-state index in [0.717, 1.165) is 16.9 Å². The maximum atomic E-state index is 12.6. The van der Waals surface area contributed by atoms with Crippen LogP contribution in [0.4, 0.5) is 11.4 Å². The zero-order valence-corrected chi connectivity index (χ0v) is 15.0. The highest BCUT2D eigenvalue weighted by Crippen LogP contribution is 2.14. The summed E-state index contributed by atoms with van der Waals surface area (Å²) in [7, 11) is 0. The first-order chi connectivity index (χ1) is 12.0. The maximum absolute atomic E-state index is 12.6. The van der Waals surface area contributed by atoms with Gasteiger partial charge in [0.1, 0.15) is 0 Å². The second-order valence-corrected chi connectivity index (χ2v) is 6.21. The molecule has 5 heteroatoms. The van der Waals surface area contributed by atoms with Crippen LogP contribution in [0.15, 0.2) is 54.6 Å². The van der Waals surface area contributed by atoms with Crippen LogP contribution in [-0.2, 0) is 16.1 Å². The molecule has 25 heavy (non-hydrogen) atoms. The van der Waals surface area contributed by atoms with Crippen molar-refractivity contribution in [3.05, 3.63) is 60.2 Å². The van der Waals surface area contributed by atoms with Crippen LogP contribution < -0.4 is 10.6 Å². The molecule has 0 atom stereocenters. The van der Waals surface area contributed by atoms with Crippen LogP contribution in [0.3, 0.4) is 0 Å². The van der Waals surface area contributed by atoms with Gasteiger partial charge < -0.3 is 15.5 Å². The molecule has 0 aliphatic carbocycles. The minimum atomic E-state index is -0.107. The number of anilines is 2. The highest BCUT2D eigenvalue weighted by Gasteiger charge is 2.16. The largest absolute Gasteiger partial charge is 0.376 e. The van der Waals surface area contributed by atoms with Crippen LogP contribution in [0.2, 0.25) is 0 Å². The molecule has 0 aromatic heterocycles. The second kappa shape index (κ2) is 8.87. The third-order valence-corrected chi connectivity index (χ3v) is 3.79. The van der Waals surface area contributed by atoms with E-state index in [-0.39, 0.29) is 24.4 Å². The van der Waals surface area contributed by atoms with Crippen molar-refractivity contribution in [2.24, 2.45) is 0 Å². The van der Waals surface area contributed by atoms with E-state index in [9.17, 15) is 9.59 Å². The van der Waals surface area contributed by atoms with Gasteiger partial charge in [-0.3, -0.25) is 9.59 Å². The van der Waals surface area contributed by atoms with Gasteiger partial charge in [0, 0.05) is 30.9 Å². The SMILES string of the molecule is CC(=O)Nc1ccc(NCC(=O)N(Cc2ccccc2)C(C)C)cc1. The number of carbonyl (C=O) groups excluding carboxylic acids is 2. The van der Waals surface area contributed by atoms with Crippen LogP contribution in [0.1, 0.15) is 26.3 Å². The smallest absolute Gasteiger partial charge is 0.242 e. The fraction of sp³-hybridized carbons (Fsp3) is 0.300. The van der Waals surface area contributed by atoms with Gasteiger partial charge in [0.15, 0.2) is 0 Å². The molecule has 0 spiro atoms. The van der Waals surface area contributed by atoms with Crippen LogP contribution in [0.5, 0.6) is 0 Å². The number of rotatable bonds is 7. The van der Waals surface area contributed by atoms with Gasteiger partial charge in [-0.25, -0.2) is 0 Å². The average molecular weight is 339 g/mol. The molecule has 0 aliphatic rings. The molecule has 0 saturated carbocycles. The molecule has 132 valence electrons. The van der Waals surface area contributed by atoms with Crippen LogP contribution in [-0.4, -0.2) is 29.3 Å². The summed E-state index contributed by atoms with van der Waals surface area (Å²) in [6, 6.07) is 17.4. The molecule has 0 saturated heterocycles. The molecule has 0 bridgehead atoms. The lowest BCUT2D eigenvalue weighted by molar-refractivity contribution is -0.131. The number of nitrogens with zero attached hydrogens (tertiary/aromatic N) is 1. The summed E-state index contributed by atoms with van der Waals surface area (Å²) < 4.78 is 0. The average Bonchev–Trinajstić information content (AvgIpc) is 2.59. The van der Waals surface area contributed by atoms with E-state index in [1.807, 2.05) is 61.2 Å². The van der Waals surface area contributed by atoms with Crippen LogP contribution in [0, 0.1) is 0 Å². The molecule has 0 aliphatic heterocycles. The molecule has 2 aromatic carbocycles. The van der Waals surface area contributed by atoms with Crippen molar-refractivity contribution >= 4 is 23.2 Å². The Morgan fingerprint density at radius 3 is 2.12 bits per heavy atom. The number of hydrogen-bond acceptors (Lipinski definition) is 3. The predicted octanol–water partition coefficient (Wildman–Crippen LogP) is 3.49. The van der Waals surface area contributed by atoms with Crippen molar-refractivity contribution < 1.29 is 9.59 Å². The Bertz CT molecular complexity index is 697. The first-order valence-corrected chi connectivity index (χ1v) is 8.40. The van der Waals surface area contributed by atoms with E-state index in [2.05, 4.69) is 10.6 Å². The highest BCUT2D eigenvalue weighted by molar-refractivity contribution is 5.89. The van der Waals surface area contributed by atoms with Crippen molar-refractivity contribution in [1.82, 2.24) is 4.90 Å². The minimum absolute atomic E-state index is 0.0461. The summed E-state index contributed by atoms with van der Waals surface area (Å²) >= 11 is 0. The van der Waals surface area contributed by atoms with E-state index in [1.54, 1.807) is 12.1 Å². The summed E-state index contributed by atoms with van der Waals surface area (Å²) in [5.74, 6) is -0.0610. The third-order valence-electron chi connectivity index (χ3n) is 3.79. The normalized spacial score (nSPS) is 10.4. The lowest BCUT2D eigenvalue weighted by Crippen LogP contribution is -2.39. The summed E-state index contributed by atoms with van der Waals surface area (Å²) in [6.07, 6.45) is 0. The van der Waals surface area contributed by atoms with Crippen molar-refractivity contribution in [2.45, 2.75) is 33.4 Å². The van der Waals surface area contributed by atoms with Gasteiger partial charge in [0.25, 0.3) is 0 Å². The fourth-order valence-electron chi connectivity index (χ4n) is 2.49. The van der Waals surface area contributed by atoms with Crippen LogP contribution >= 0.6 is 0 Å². The van der Waals surface area contributed by atoms with E-state index >= 15 is 0 Å². The summed E-state index contributed by atoms with van der Waals surface area (Å²) in [4.78, 5) is 25.5. The van der Waals surface area contributed by atoms with Gasteiger partial charge in [0.05, 0.1) is 6.54 Å². The molecular weight excluding hydrogens is 314 g/mol. The van der Waals surface area contributed by atoms with Crippen molar-refractivity contribution in [3.63, 3.8) is 0 Å². The van der Waals surface area contributed by atoms with Crippen molar-refractivity contribution in [1.29, 1.82) is 0 Å². The number of benzene rings is 2. The molecule has 0 fully saturated rings. The molecular formula is C20H25N3O2. The quantitative estimate of drug-likeness (QED) is 0.812. The molecule has 2 rings (SSSR count). The summed E-state index contributed by atoms with van der Waals surface area (Å²) in [6.45, 7) is 6.33. The molecule has 2 N–H and O–H groups in total. The van der Waals surface area contributed by atoms with Gasteiger partial charge in [-0.1, -0.05) is 30.3 Å². The number of hydrogen-bond donors (Lipinski definition) is 2. The van der Waals surface area contributed by atoms with E-state index in [4.69, 9.17) is 0 Å². The summed E-state index contributed by atoms with van der Waals surface area (Å²) in [5.41, 5.74) is 2.69. The van der Waals surface area contributed by atoms with Crippen LogP contribution in [0.25, 0.3) is 0 Å². The lowest BCUT2D eigenvalue weighted by Gasteiger charge is -2.27. The lowest BCUT2D eigenvalue weighted by atomic mass is 10.2. The van der Waals surface area contributed by atoms with Gasteiger partial charge in [-0.15, -0.1) is 0 Å². The third kappa shape index (κ3) is 5.95. The van der Waals surface area contributed by atoms with E-state index in [1.165, 1.54) is 6.92 Å². The van der Waals surface area contributed by atoms with Gasteiger partial charge in [-0.2, -0.15) is 0 Å². The molecule has 2 aromatic rings. The number of nitrogens with one attached hydrogen (secondary N) is 2. The molecule has 0 heterocycles. The zero-order chi connectivity index (χ0) is 18.2. The summed E-state index contributed by atoms with van der Waals surface area (Å²) in [5, 5.41) is 5.86. The first-order valence-electron chi connectivity index (χ1n) is 8.40.